The van der Waals surface area contributed by atoms with Crippen molar-refractivity contribution in [3.8, 4) is 28.3 Å². The summed E-state index contributed by atoms with van der Waals surface area (Å²) in [4.78, 5) is 45.2. The summed E-state index contributed by atoms with van der Waals surface area (Å²) in [5.74, 6) is -0.0817. The van der Waals surface area contributed by atoms with Gasteiger partial charge in [0.15, 0.2) is 0 Å². The van der Waals surface area contributed by atoms with Gasteiger partial charge in [0, 0.05) is 61.1 Å². The molecule has 2 amide bonds. The second kappa shape index (κ2) is 12.7. The number of pyridine rings is 1. The number of hydrogen-bond donors (Lipinski definition) is 3. The molecular formula is C30H28Cl2N6O4. The van der Waals surface area contributed by atoms with Crippen molar-refractivity contribution >= 4 is 40.7 Å². The highest BCUT2D eigenvalue weighted by Crippen LogP contribution is 2.41. The third-order valence-electron chi connectivity index (χ3n) is 6.97. The van der Waals surface area contributed by atoms with E-state index in [0.29, 0.717) is 58.5 Å². The number of aryl methyl sites for hydroxylation is 1. The Bertz CT molecular complexity index is 1720. The Balaban J connectivity index is 1.38. The van der Waals surface area contributed by atoms with E-state index in [1.54, 1.807) is 25.3 Å². The number of methoxy groups -OCH3 is 1. The number of nitrogens with one attached hydrogen (secondary N) is 3. The first-order chi connectivity index (χ1) is 20.3. The Kier molecular flexibility index (Phi) is 8.86. The van der Waals surface area contributed by atoms with Crippen LogP contribution in [-0.4, -0.2) is 46.0 Å². The molecule has 3 N–H and O–H groups in total. The van der Waals surface area contributed by atoms with Crippen LogP contribution in [0.1, 0.15) is 28.8 Å². The highest BCUT2D eigenvalue weighted by atomic mass is 35.5. The van der Waals surface area contributed by atoms with Crippen molar-refractivity contribution < 1.29 is 14.3 Å². The minimum absolute atomic E-state index is 0.0825. The highest BCUT2D eigenvalue weighted by Gasteiger charge is 2.21. The van der Waals surface area contributed by atoms with Crippen LogP contribution >= 0.6 is 23.2 Å². The van der Waals surface area contributed by atoms with Crippen molar-refractivity contribution in [3.63, 3.8) is 0 Å². The van der Waals surface area contributed by atoms with Crippen molar-refractivity contribution in [1.29, 1.82) is 0 Å². The molecule has 0 saturated carbocycles. The summed E-state index contributed by atoms with van der Waals surface area (Å²) in [6.45, 7) is 1.18. The fourth-order valence-electron chi connectivity index (χ4n) is 4.77. The molecule has 2 aromatic carbocycles. The zero-order valence-electron chi connectivity index (χ0n) is 22.9. The van der Waals surface area contributed by atoms with Gasteiger partial charge in [-0.05, 0) is 18.6 Å². The summed E-state index contributed by atoms with van der Waals surface area (Å²) < 4.78 is 6.80. The molecule has 0 unspecified atom stereocenters. The lowest BCUT2D eigenvalue weighted by molar-refractivity contribution is -0.119. The monoisotopic (exact) mass is 606 g/mol. The van der Waals surface area contributed by atoms with Crippen LogP contribution < -0.4 is 26.2 Å². The summed E-state index contributed by atoms with van der Waals surface area (Å²) in [6, 6.07) is 14.6. The Morgan fingerprint density at radius 3 is 2.55 bits per heavy atom. The van der Waals surface area contributed by atoms with Crippen molar-refractivity contribution in [2.45, 2.75) is 25.4 Å². The number of halogens is 2. The number of carbonyl (C=O) groups excluding carboxylic acids is 2. The first-order valence-corrected chi connectivity index (χ1v) is 14.0. The molecule has 3 heterocycles. The van der Waals surface area contributed by atoms with Crippen LogP contribution in [-0.2, 0) is 18.4 Å². The molecule has 0 aliphatic carbocycles. The molecule has 12 heteroatoms. The minimum Gasteiger partial charge on any atom is -0.481 e. The van der Waals surface area contributed by atoms with Gasteiger partial charge in [0.25, 0.3) is 11.5 Å². The zero-order valence-corrected chi connectivity index (χ0v) is 24.4. The number of rotatable bonds is 9. The van der Waals surface area contributed by atoms with E-state index in [0.717, 1.165) is 12.0 Å². The highest BCUT2D eigenvalue weighted by molar-refractivity contribution is 6.39. The summed E-state index contributed by atoms with van der Waals surface area (Å²) in [5, 5.41) is 9.68. The molecule has 1 aliphatic rings. The summed E-state index contributed by atoms with van der Waals surface area (Å²) in [5.41, 5.74) is 3.12. The van der Waals surface area contributed by atoms with Gasteiger partial charge in [-0.3, -0.25) is 14.4 Å². The molecule has 0 spiro atoms. The minimum atomic E-state index is -0.624. The number of amides is 2. The van der Waals surface area contributed by atoms with Gasteiger partial charge in [-0.2, -0.15) is 0 Å². The van der Waals surface area contributed by atoms with E-state index in [1.807, 2.05) is 30.3 Å². The van der Waals surface area contributed by atoms with Crippen LogP contribution in [0, 0.1) is 0 Å². The smallest absolute Gasteiger partial charge is 0.265 e. The SMILES string of the molecule is COc1nc(-c2cccc(-c3cccc(NC(=O)c4cncn(C)c4=O)c3Cl)c2Cl)ccc1CNC[C@@H]1CCC(=O)N1. The van der Waals surface area contributed by atoms with Gasteiger partial charge < -0.3 is 25.3 Å². The Morgan fingerprint density at radius 1 is 1.07 bits per heavy atom. The fourth-order valence-corrected chi connectivity index (χ4v) is 5.37. The number of hydrogen-bond acceptors (Lipinski definition) is 7. The van der Waals surface area contributed by atoms with E-state index >= 15 is 0 Å². The van der Waals surface area contributed by atoms with Crippen molar-refractivity contribution in [2.75, 3.05) is 19.0 Å². The maximum Gasteiger partial charge on any atom is 0.265 e. The van der Waals surface area contributed by atoms with Gasteiger partial charge in [-0.15, -0.1) is 0 Å². The summed E-state index contributed by atoms with van der Waals surface area (Å²) in [6.07, 6.45) is 3.92. The molecule has 0 radical (unpaired) electrons. The lowest BCUT2D eigenvalue weighted by Gasteiger charge is -2.16. The average molecular weight is 607 g/mol. The molecular weight excluding hydrogens is 579 g/mol. The molecule has 0 bridgehead atoms. The molecule has 5 rings (SSSR count). The van der Waals surface area contributed by atoms with Gasteiger partial charge in [0.05, 0.1) is 34.9 Å². The van der Waals surface area contributed by atoms with Crippen LogP contribution in [0.3, 0.4) is 0 Å². The van der Waals surface area contributed by atoms with E-state index in [4.69, 9.17) is 32.9 Å². The Labute approximate surface area is 252 Å². The zero-order chi connectivity index (χ0) is 29.8. The van der Waals surface area contributed by atoms with Crippen LogP contribution in [0.5, 0.6) is 5.88 Å². The van der Waals surface area contributed by atoms with Crippen molar-refractivity contribution in [2.24, 2.45) is 7.05 Å². The van der Waals surface area contributed by atoms with E-state index in [2.05, 4.69) is 20.9 Å². The number of aromatic nitrogens is 3. The van der Waals surface area contributed by atoms with Crippen LogP contribution in [0.2, 0.25) is 10.0 Å². The molecule has 2 aromatic heterocycles. The lowest BCUT2D eigenvalue weighted by Crippen LogP contribution is -2.35. The third kappa shape index (κ3) is 6.15. The molecule has 1 atom stereocenters. The summed E-state index contributed by atoms with van der Waals surface area (Å²) in [7, 11) is 3.08. The standard InChI is InChI=1S/C30H28Cl2N6O4/c1-38-16-34-15-22(30(38)41)28(40)36-24-8-4-6-20(27(24)32)19-5-3-7-21(26(19)31)23-11-9-17(29(37-23)42-2)13-33-14-18-10-12-25(39)35-18/h3-9,11,15-16,18,33H,10,12-14H2,1-2H3,(H,35,39)(H,36,40)/t18-/m0/s1. The third-order valence-corrected chi connectivity index (χ3v) is 7.79. The van der Waals surface area contributed by atoms with E-state index in [9.17, 15) is 14.4 Å². The quantitative estimate of drug-likeness (QED) is 0.257. The molecule has 42 heavy (non-hydrogen) atoms. The number of carbonyl (C=O) groups is 2. The second-order valence-corrected chi connectivity index (χ2v) is 10.6. The number of ether oxygens (including phenoxy) is 1. The predicted molar refractivity (Wildman–Crippen MR) is 162 cm³/mol. The average Bonchev–Trinajstić information content (AvgIpc) is 3.40. The Morgan fingerprint density at radius 2 is 1.81 bits per heavy atom. The van der Waals surface area contributed by atoms with Crippen LogP contribution in [0.25, 0.3) is 22.4 Å². The normalized spacial score (nSPS) is 14.5. The van der Waals surface area contributed by atoms with Gasteiger partial charge in [-0.1, -0.05) is 59.6 Å². The van der Waals surface area contributed by atoms with Gasteiger partial charge in [0.2, 0.25) is 11.8 Å². The molecule has 1 aliphatic heterocycles. The first kappa shape index (κ1) is 29.2. The Hall–Kier alpha value is -4.25. The van der Waals surface area contributed by atoms with E-state index in [-0.39, 0.29) is 22.5 Å². The van der Waals surface area contributed by atoms with Gasteiger partial charge >= 0.3 is 0 Å². The second-order valence-electron chi connectivity index (χ2n) is 9.81. The molecule has 10 nitrogen and oxygen atoms in total. The number of benzene rings is 2. The van der Waals surface area contributed by atoms with E-state index in [1.165, 1.54) is 24.1 Å². The topological polar surface area (TPSA) is 127 Å². The molecule has 1 fully saturated rings. The fraction of sp³-hybridized carbons (Fsp3) is 0.233. The number of anilines is 1. The van der Waals surface area contributed by atoms with Crippen molar-refractivity contribution in [1.82, 2.24) is 25.2 Å². The molecule has 4 aromatic rings. The maximum atomic E-state index is 12.8. The first-order valence-electron chi connectivity index (χ1n) is 13.2. The predicted octanol–water partition coefficient (Wildman–Crippen LogP) is 4.45. The largest absolute Gasteiger partial charge is 0.481 e. The van der Waals surface area contributed by atoms with Crippen LogP contribution in [0.4, 0.5) is 5.69 Å². The maximum absolute atomic E-state index is 12.8. The van der Waals surface area contributed by atoms with Gasteiger partial charge in [0.1, 0.15) is 5.56 Å². The number of nitrogens with zero attached hydrogens (tertiary/aromatic N) is 3. The van der Waals surface area contributed by atoms with E-state index < -0.39 is 11.5 Å². The van der Waals surface area contributed by atoms with Crippen molar-refractivity contribution in [3.05, 3.63) is 92.6 Å². The molecule has 216 valence electrons. The van der Waals surface area contributed by atoms with Gasteiger partial charge in [-0.25, -0.2) is 9.97 Å². The summed E-state index contributed by atoms with van der Waals surface area (Å²) >= 11 is 13.7. The lowest BCUT2D eigenvalue weighted by atomic mass is 10.00. The molecule has 1 saturated heterocycles. The van der Waals surface area contributed by atoms with Crippen LogP contribution in [0.15, 0.2) is 65.8 Å².